The molecule has 0 amide bonds. The molecule has 0 aliphatic carbocycles. The van der Waals surface area contributed by atoms with Gasteiger partial charge in [-0.15, -0.1) is 0 Å². The zero-order valence-electron chi connectivity index (χ0n) is 7.59. The van der Waals surface area contributed by atoms with Gasteiger partial charge in [-0.1, -0.05) is 23.2 Å². The normalized spacial score (nSPS) is 20.3. The Morgan fingerprint density at radius 1 is 1.43 bits per heavy atom. The summed E-state index contributed by atoms with van der Waals surface area (Å²) in [6, 6.07) is 5.69. The van der Waals surface area contributed by atoms with Gasteiger partial charge in [-0.05, 0) is 25.1 Å². The fraction of sp³-hybridized carbons (Fsp3) is 0.400. The molecule has 2 nitrogen and oxygen atoms in total. The van der Waals surface area contributed by atoms with Gasteiger partial charge in [0, 0.05) is 17.1 Å². The summed E-state index contributed by atoms with van der Waals surface area (Å²) in [5, 5.41) is 4.50. The Morgan fingerprint density at radius 2 is 2.21 bits per heavy atom. The molecule has 1 N–H and O–H groups in total. The first-order valence-corrected chi connectivity index (χ1v) is 5.32. The Kier molecular flexibility index (Phi) is 3.16. The van der Waals surface area contributed by atoms with Crippen molar-refractivity contribution in [2.75, 3.05) is 13.2 Å². The van der Waals surface area contributed by atoms with Crippen LogP contribution in [0, 0.1) is 0 Å². The SMILES string of the molecule is Clc1ccc(Cl)c(OCC2CCN2)c1. The van der Waals surface area contributed by atoms with Crippen LogP contribution in [0.1, 0.15) is 6.42 Å². The highest BCUT2D eigenvalue weighted by atomic mass is 35.5. The summed E-state index contributed by atoms with van der Waals surface area (Å²) in [6.07, 6.45) is 1.16. The lowest BCUT2D eigenvalue weighted by atomic mass is 10.1. The van der Waals surface area contributed by atoms with Gasteiger partial charge in [0.15, 0.2) is 0 Å². The van der Waals surface area contributed by atoms with Crippen LogP contribution in [0.2, 0.25) is 10.0 Å². The van der Waals surface area contributed by atoms with Crippen LogP contribution in [0.25, 0.3) is 0 Å². The maximum atomic E-state index is 5.94. The van der Waals surface area contributed by atoms with E-state index in [-0.39, 0.29) is 0 Å². The zero-order valence-corrected chi connectivity index (χ0v) is 9.11. The second-order valence-electron chi connectivity index (χ2n) is 3.33. The van der Waals surface area contributed by atoms with Crippen LogP contribution in [0.4, 0.5) is 0 Å². The van der Waals surface area contributed by atoms with Crippen LogP contribution in [0.5, 0.6) is 5.75 Å². The first kappa shape index (κ1) is 10.1. The van der Waals surface area contributed by atoms with E-state index in [0.717, 1.165) is 13.0 Å². The van der Waals surface area contributed by atoms with Crippen LogP contribution in [-0.4, -0.2) is 19.2 Å². The Morgan fingerprint density at radius 3 is 2.86 bits per heavy atom. The number of rotatable bonds is 3. The van der Waals surface area contributed by atoms with E-state index >= 15 is 0 Å². The molecule has 2 rings (SSSR count). The molecule has 1 atom stereocenters. The third-order valence-corrected chi connectivity index (χ3v) is 2.81. The summed E-state index contributed by atoms with van der Waals surface area (Å²) in [5.74, 6) is 0.660. The number of hydrogen-bond acceptors (Lipinski definition) is 2. The maximum Gasteiger partial charge on any atom is 0.139 e. The van der Waals surface area contributed by atoms with Crippen molar-refractivity contribution >= 4 is 23.2 Å². The Labute approximate surface area is 93.2 Å². The van der Waals surface area contributed by atoms with Crippen molar-refractivity contribution < 1.29 is 4.74 Å². The second kappa shape index (κ2) is 4.39. The molecule has 0 aromatic heterocycles. The lowest BCUT2D eigenvalue weighted by Crippen LogP contribution is -2.46. The number of ether oxygens (including phenoxy) is 1. The molecular formula is C10H11Cl2NO. The quantitative estimate of drug-likeness (QED) is 0.865. The zero-order chi connectivity index (χ0) is 9.97. The van der Waals surface area contributed by atoms with Gasteiger partial charge in [-0.2, -0.15) is 0 Å². The van der Waals surface area contributed by atoms with Crippen LogP contribution in [0.3, 0.4) is 0 Å². The van der Waals surface area contributed by atoms with Gasteiger partial charge in [0.05, 0.1) is 5.02 Å². The molecule has 0 bridgehead atoms. The van der Waals surface area contributed by atoms with Gasteiger partial charge < -0.3 is 10.1 Å². The van der Waals surface area contributed by atoms with Crippen molar-refractivity contribution in [3.8, 4) is 5.75 Å². The first-order chi connectivity index (χ1) is 6.75. The van der Waals surface area contributed by atoms with Crippen molar-refractivity contribution in [2.45, 2.75) is 12.5 Å². The summed E-state index contributed by atoms with van der Waals surface area (Å²) in [6.45, 7) is 1.73. The molecule has 1 fully saturated rings. The Balaban J connectivity index is 1.96. The molecule has 14 heavy (non-hydrogen) atoms. The van der Waals surface area contributed by atoms with Gasteiger partial charge in [0.1, 0.15) is 12.4 Å². The summed E-state index contributed by atoms with van der Waals surface area (Å²) < 4.78 is 5.54. The molecule has 4 heteroatoms. The van der Waals surface area contributed by atoms with E-state index in [1.807, 2.05) is 0 Å². The fourth-order valence-electron chi connectivity index (χ4n) is 1.27. The van der Waals surface area contributed by atoms with Crippen molar-refractivity contribution in [3.63, 3.8) is 0 Å². The average Bonchev–Trinajstić information content (AvgIpc) is 2.08. The molecule has 1 unspecified atom stereocenters. The van der Waals surface area contributed by atoms with E-state index in [2.05, 4.69) is 5.32 Å². The molecule has 1 aromatic rings. The molecule has 1 aliphatic heterocycles. The first-order valence-electron chi connectivity index (χ1n) is 4.57. The lowest BCUT2D eigenvalue weighted by Gasteiger charge is -2.27. The average molecular weight is 232 g/mol. The summed E-state index contributed by atoms with van der Waals surface area (Å²) in [5.41, 5.74) is 0. The van der Waals surface area contributed by atoms with E-state index in [9.17, 15) is 0 Å². The molecule has 1 aliphatic rings. The second-order valence-corrected chi connectivity index (χ2v) is 4.17. The van der Waals surface area contributed by atoms with Gasteiger partial charge >= 0.3 is 0 Å². The molecule has 1 heterocycles. The Bertz CT molecular complexity index is 326. The van der Waals surface area contributed by atoms with Gasteiger partial charge in [-0.3, -0.25) is 0 Å². The highest BCUT2D eigenvalue weighted by molar-refractivity contribution is 6.34. The fourth-order valence-corrected chi connectivity index (χ4v) is 1.60. The molecule has 0 saturated carbocycles. The molecular weight excluding hydrogens is 221 g/mol. The van der Waals surface area contributed by atoms with Crippen molar-refractivity contribution in [3.05, 3.63) is 28.2 Å². The predicted octanol–water partition coefficient (Wildman–Crippen LogP) is 2.73. The monoisotopic (exact) mass is 231 g/mol. The van der Waals surface area contributed by atoms with E-state index in [1.165, 1.54) is 0 Å². The van der Waals surface area contributed by atoms with E-state index in [0.29, 0.717) is 28.4 Å². The third-order valence-electron chi connectivity index (χ3n) is 2.26. The van der Waals surface area contributed by atoms with E-state index < -0.39 is 0 Å². The van der Waals surface area contributed by atoms with Crippen LogP contribution in [0.15, 0.2) is 18.2 Å². The third kappa shape index (κ3) is 2.32. The van der Waals surface area contributed by atoms with Crippen LogP contribution in [-0.2, 0) is 0 Å². The topological polar surface area (TPSA) is 21.3 Å². The number of hydrogen-bond donors (Lipinski definition) is 1. The molecule has 76 valence electrons. The van der Waals surface area contributed by atoms with Crippen molar-refractivity contribution in [1.82, 2.24) is 5.32 Å². The van der Waals surface area contributed by atoms with Crippen molar-refractivity contribution in [2.24, 2.45) is 0 Å². The van der Waals surface area contributed by atoms with Gasteiger partial charge in [0.25, 0.3) is 0 Å². The summed E-state index contributed by atoms with van der Waals surface area (Å²) in [7, 11) is 0. The molecule has 1 aromatic carbocycles. The molecule has 0 spiro atoms. The van der Waals surface area contributed by atoms with Crippen LogP contribution >= 0.6 is 23.2 Å². The van der Waals surface area contributed by atoms with Crippen molar-refractivity contribution in [1.29, 1.82) is 0 Å². The number of benzene rings is 1. The minimum Gasteiger partial charge on any atom is -0.490 e. The minimum atomic E-state index is 0.463. The molecule has 1 saturated heterocycles. The van der Waals surface area contributed by atoms with E-state index in [1.54, 1.807) is 18.2 Å². The largest absolute Gasteiger partial charge is 0.490 e. The number of nitrogens with one attached hydrogen (secondary N) is 1. The minimum absolute atomic E-state index is 0.463. The Hall–Kier alpha value is -0.440. The van der Waals surface area contributed by atoms with Crippen LogP contribution < -0.4 is 10.1 Å². The number of halogens is 2. The van der Waals surface area contributed by atoms with Gasteiger partial charge in [0.2, 0.25) is 0 Å². The van der Waals surface area contributed by atoms with E-state index in [4.69, 9.17) is 27.9 Å². The predicted molar refractivity (Wildman–Crippen MR) is 58.4 cm³/mol. The summed E-state index contributed by atoms with van der Waals surface area (Å²) in [4.78, 5) is 0. The highest BCUT2D eigenvalue weighted by Crippen LogP contribution is 2.27. The smallest absolute Gasteiger partial charge is 0.139 e. The standard InChI is InChI=1S/C10H11Cl2NO/c11-7-1-2-9(12)10(5-7)14-6-8-3-4-13-8/h1-2,5,8,13H,3-4,6H2. The highest BCUT2D eigenvalue weighted by Gasteiger charge is 2.17. The lowest BCUT2D eigenvalue weighted by molar-refractivity contribution is 0.217. The maximum absolute atomic E-state index is 5.94. The van der Waals surface area contributed by atoms with Gasteiger partial charge in [-0.25, -0.2) is 0 Å². The molecule has 0 radical (unpaired) electrons. The summed E-state index contributed by atoms with van der Waals surface area (Å²) >= 11 is 11.8.